The van der Waals surface area contributed by atoms with Gasteiger partial charge in [-0.05, 0) is 29.2 Å². The Morgan fingerprint density at radius 2 is 1.67 bits per heavy atom. The lowest BCUT2D eigenvalue weighted by Gasteiger charge is -2.31. The molecule has 0 heterocycles. The van der Waals surface area contributed by atoms with Crippen molar-refractivity contribution in [2.24, 2.45) is 5.92 Å². The molecule has 0 radical (unpaired) electrons. The van der Waals surface area contributed by atoms with Crippen LogP contribution in [0, 0.1) is 11.7 Å². The molecule has 0 aromatic heterocycles. The third-order valence-corrected chi connectivity index (χ3v) is 4.25. The number of carbonyl (C=O) groups is 2. The average molecular weight is 370 g/mol. The fourth-order valence-electron chi connectivity index (χ4n) is 2.82. The number of nitrogens with zero attached hydrogens (tertiary/aromatic N) is 1. The molecule has 0 fully saturated rings. The minimum absolute atomic E-state index is 0.132. The minimum Gasteiger partial charge on any atom is -0.354 e. The Bertz CT molecular complexity index is 745. The van der Waals surface area contributed by atoms with E-state index in [1.807, 2.05) is 44.2 Å². The van der Waals surface area contributed by atoms with Gasteiger partial charge in [-0.15, -0.1) is 0 Å². The van der Waals surface area contributed by atoms with Crippen LogP contribution < -0.4 is 5.32 Å². The lowest BCUT2D eigenvalue weighted by atomic mass is 10.0. The summed E-state index contributed by atoms with van der Waals surface area (Å²) < 4.78 is 13.2. The molecule has 1 N–H and O–H groups in total. The fourth-order valence-corrected chi connectivity index (χ4v) is 2.82. The summed E-state index contributed by atoms with van der Waals surface area (Å²) in [6, 6.07) is 14.5. The number of carbonyl (C=O) groups excluding carboxylic acids is 2. The highest BCUT2D eigenvalue weighted by Crippen LogP contribution is 2.24. The Balaban J connectivity index is 2.37. The second-order valence-corrected chi connectivity index (χ2v) is 6.95. The van der Waals surface area contributed by atoms with E-state index >= 15 is 0 Å². The van der Waals surface area contributed by atoms with E-state index in [2.05, 4.69) is 5.32 Å². The molecule has 2 rings (SSSR count). The zero-order valence-corrected chi connectivity index (χ0v) is 16.1. The van der Waals surface area contributed by atoms with Crippen LogP contribution in [0.25, 0.3) is 0 Å². The number of benzene rings is 2. The van der Waals surface area contributed by atoms with Crippen LogP contribution in [-0.2, 0) is 16.1 Å². The highest BCUT2D eigenvalue weighted by atomic mass is 19.1. The van der Waals surface area contributed by atoms with Gasteiger partial charge < -0.3 is 10.2 Å². The summed E-state index contributed by atoms with van der Waals surface area (Å²) in [5.41, 5.74) is 1.53. The van der Waals surface area contributed by atoms with E-state index in [0.29, 0.717) is 12.5 Å². The number of hydrogen-bond acceptors (Lipinski definition) is 2. The van der Waals surface area contributed by atoms with Gasteiger partial charge in [0.2, 0.25) is 11.8 Å². The number of rotatable bonds is 8. The quantitative estimate of drug-likeness (QED) is 0.761. The van der Waals surface area contributed by atoms with E-state index in [0.717, 1.165) is 11.1 Å². The molecule has 5 heteroatoms. The van der Waals surface area contributed by atoms with Crippen molar-refractivity contribution in [2.45, 2.75) is 39.8 Å². The Hall–Kier alpha value is -2.69. The maximum absolute atomic E-state index is 13.2. The van der Waals surface area contributed by atoms with E-state index < -0.39 is 6.04 Å². The maximum atomic E-state index is 13.2. The molecule has 1 atom stereocenters. The molecule has 4 nitrogen and oxygen atoms in total. The van der Waals surface area contributed by atoms with Gasteiger partial charge in [-0.1, -0.05) is 63.2 Å². The topological polar surface area (TPSA) is 49.4 Å². The van der Waals surface area contributed by atoms with Crippen molar-refractivity contribution >= 4 is 11.8 Å². The number of halogens is 1. The Morgan fingerprint density at radius 1 is 1.04 bits per heavy atom. The van der Waals surface area contributed by atoms with Crippen LogP contribution in [0.3, 0.4) is 0 Å². The van der Waals surface area contributed by atoms with Crippen LogP contribution in [0.1, 0.15) is 44.4 Å². The number of amides is 2. The maximum Gasteiger partial charge on any atom is 0.247 e. The summed E-state index contributed by atoms with van der Waals surface area (Å²) in [4.78, 5) is 27.3. The molecule has 0 saturated heterocycles. The first-order valence-corrected chi connectivity index (χ1v) is 9.29. The summed E-state index contributed by atoms with van der Waals surface area (Å²) in [6.07, 6.45) is 0.280. The van der Waals surface area contributed by atoms with Gasteiger partial charge in [0, 0.05) is 19.5 Å². The van der Waals surface area contributed by atoms with Gasteiger partial charge in [-0.3, -0.25) is 9.59 Å². The van der Waals surface area contributed by atoms with Gasteiger partial charge in [0.25, 0.3) is 0 Å². The Labute approximate surface area is 160 Å². The molecule has 0 aliphatic heterocycles. The molecule has 144 valence electrons. The highest BCUT2D eigenvalue weighted by molar-refractivity contribution is 5.88. The van der Waals surface area contributed by atoms with Crippen LogP contribution in [0.15, 0.2) is 54.6 Å². The summed E-state index contributed by atoms with van der Waals surface area (Å²) in [5, 5.41) is 2.94. The van der Waals surface area contributed by atoms with E-state index in [4.69, 9.17) is 0 Å². The second-order valence-electron chi connectivity index (χ2n) is 6.95. The van der Waals surface area contributed by atoms with E-state index in [1.54, 1.807) is 24.0 Å². The predicted octanol–water partition coefficient (Wildman–Crippen LogP) is 4.08. The third-order valence-electron chi connectivity index (χ3n) is 4.25. The van der Waals surface area contributed by atoms with Gasteiger partial charge in [0.15, 0.2) is 0 Å². The normalized spacial score (nSPS) is 11.9. The smallest absolute Gasteiger partial charge is 0.247 e. The molecule has 27 heavy (non-hydrogen) atoms. The van der Waals surface area contributed by atoms with E-state index in [1.165, 1.54) is 12.1 Å². The zero-order valence-electron chi connectivity index (χ0n) is 16.1. The monoisotopic (exact) mass is 370 g/mol. The van der Waals surface area contributed by atoms with Gasteiger partial charge in [-0.25, -0.2) is 4.39 Å². The summed E-state index contributed by atoms with van der Waals surface area (Å²) in [7, 11) is 0. The first kappa shape index (κ1) is 20.6. The van der Waals surface area contributed by atoms with Gasteiger partial charge in [0.05, 0.1) is 0 Å². The summed E-state index contributed by atoms with van der Waals surface area (Å²) in [5.74, 6) is -0.370. The van der Waals surface area contributed by atoms with Gasteiger partial charge in [-0.2, -0.15) is 0 Å². The predicted molar refractivity (Wildman–Crippen MR) is 104 cm³/mol. The molecule has 0 saturated carbocycles. The standard InChI is InChI=1S/C22H27FN2O2/c1-4-20(26)25(15-17-10-12-19(23)13-11-17)21(18-8-6-5-7-9-18)22(27)24-14-16(2)3/h5-13,16,21H,4,14-15H2,1-3H3,(H,24,27). The number of hydrogen-bond donors (Lipinski definition) is 1. The Kier molecular flexibility index (Phi) is 7.53. The molecule has 2 aromatic rings. The summed E-state index contributed by atoms with van der Waals surface area (Å²) >= 11 is 0. The summed E-state index contributed by atoms with van der Waals surface area (Å²) in [6.45, 7) is 6.58. The van der Waals surface area contributed by atoms with Crippen molar-refractivity contribution in [3.05, 3.63) is 71.5 Å². The van der Waals surface area contributed by atoms with E-state index in [-0.39, 0.29) is 30.6 Å². The van der Waals surface area contributed by atoms with Crippen molar-refractivity contribution in [1.29, 1.82) is 0 Å². The van der Waals surface area contributed by atoms with Crippen LogP contribution in [0.5, 0.6) is 0 Å². The van der Waals surface area contributed by atoms with Gasteiger partial charge >= 0.3 is 0 Å². The lowest BCUT2D eigenvalue weighted by molar-refractivity contribution is -0.141. The van der Waals surface area contributed by atoms with E-state index in [9.17, 15) is 14.0 Å². The van der Waals surface area contributed by atoms with Crippen LogP contribution in [0.2, 0.25) is 0 Å². The molecule has 0 aliphatic rings. The van der Waals surface area contributed by atoms with Crippen LogP contribution in [-0.4, -0.2) is 23.3 Å². The third kappa shape index (κ3) is 5.91. The van der Waals surface area contributed by atoms with Crippen molar-refractivity contribution in [3.8, 4) is 0 Å². The van der Waals surface area contributed by atoms with Crippen LogP contribution >= 0.6 is 0 Å². The molecule has 0 bridgehead atoms. The first-order valence-electron chi connectivity index (χ1n) is 9.29. The van der Waals surface area contributed by atoms with Crippen molar-refractivity contribution in [2.75, 3.05) is 6.54 Å². The van der Waals surface area contributed by atoms with Crippen LogP contribution in [0.4, 0.5) is 4.39 Å². The van der Waals surface area contributed by atoms with Gasteiger partial charge in [0.1, 0.15) is 11.9 Å². The van der Waals surface area contributed by atoms with Crippen molar-refractivity contribution in [1.82, 2.24) is 10.2 Å². The first-order chi connectivity index (χ1) is 12.9. The number of nitrogens with one attached hydrogen (secondary N) is 1. The average Bonchev–Trinajstić information content (AvgIpc) is 2.67. The molecular weight excluding hydrogens is 343 g/mol. The highest BCUT2D eigenvalue weighted by Gasteiger charge is 2.30. The zero-order chi connectivity index (χ0) is 19.8. The minimum atomic E-state index is -0.734. The van der Waals surface area contributed by atoms with Crippen molar-refractivity contribution < 1.29 is 14.0 Å². The second kappa shape index (κ2) is 9.86. The molecule has 1 unspecified atom stereocenters. The largest absolute Gasteiger partial charge is 0.354 e. The Morgan fingerprint density at radius 3 is 2.22 bits per heavy atom. The molecule has 2 amide bonds. The van der Waals surface area contributed by atoms with Crippen molar-refractivity contribution in [3.63, 3.8) is 0 Å². The molecule has 0 aliphatic carbocycles. The molecule has 2 aromatic carbocycles. The lowest BCUT2D eigenvalue weighted by Crippen LogP contribution is -2.44. The molecular formula is C22H27FN2O2. The fraction of sp³-hybridized carbons (Fsp3) is 0.364. The SMILES string of the molecule is CCC(=O)N(Cc1ccc(F)cc1)C(C(=O)NCC(C)C)c1ccccc1. The molecule has 0 spiro atoms.